The second kappa shape index (κ2) is 7.20. The molecule has 0 aliphatic heterocycles. The predicted octanol–water partition coefficient (Wildman–Crippen LogP) is 2.34. The molecule has 1 rings (SSSR count). The van der Waals surface area contributed by atoms with Crippen molar-refractivity contribution in [3.63, 3.8) is 0 Å². The average molecular weight is 299 g/mol. The van der Waals surface area contributed by atoms with Gasteiger partial charge in [-0.1, -0.05) is 12.1 Å². The number of para-hydroxylation sites is 2. The Morgan fingerprint density at radius 3 is 2.53 bits per heavy atom. The van der Waals surface area contributed by atoms with Crippen molar-refractivity contribution >= 4 is 24.0 Å². The minimum Gasteiger partial charge on any atom is -0.482 e. The lowest BCUT2D eigenvalue weighted by atomic mass is 10.2. The molecule has 0 radical (unpaired) electrons. The molecule has 0 fully saturated rings. The molecular formula is C11H14ClF3N2O2. The zero-order chi connectivity index (χ0) is 13.8. The average Bonchev–Trinajstić information content (AvgIpc) is 2.26. The van der Waals surface area contributed by atoms with E-state index in [1.165, 1.54) is 25.1 Å². The van der Waals surface area contributed by atoms with E-state index in [1.54, 1.807) is 6.07 Å². The van der Waals surface area contributed by atoms with Crippen molar-refractivity contribution in [2.24, 2.45) is 5.73 Å². The quantitative estimate of drug-likeness (QED) is 0.897. The minimum absolute atomic E-state index is 0. The fourth-order valence-electron chi connectivity index (χ4n) is 1.10. The van der Waals surface area contributed by atoms with Crippen LogP contribution in [0.1, 0.15) is 6.92 Å². The third kappa shape index (κ3) is 6.30. The molecule has 0 bridgehead atoms. The molecule has 0 saturated heterocycles. The topological polar surface area (TPSA) is 64.4 Å². The van der Waals surface area contributed by atoms with Crippen molar-refractivity contribution in [1.82, 2.24) is 0 Å². The highest BCUT2D eigenvalue weighted by Gasteiger charge is 2.28. The summed E-state index contributed by atoms with van der Waals surface area (Å²) < 4.78 is 40.7. The number of benzene rings is 1. The van der Waals surface area contributed by atoms with Crippen molar-refractivity contribution < 1.29 is 22.7 Å². The molecule has 19 heavy (non-hydrogen) atoms. The largest absolute Gasteiger partial charge is 0.482 e. The summed E-state index contributed by atoms with van der Waals surface area (Å²) in [6, 6.07) is 5.08. The number of nitrogens with one attached hydrogen (secondary N) is 1. The van der Waals surface area contributed by atoms with E-state index in [-0.39, 0.29) is 23.8 Å². The highest BCUT2D eigenvalue weighted by Crippen LogP contribution is 2.26. The van der Waals surface area contributed by atoms with E-state index in [0.29, 0.717) is 0 Å². The number of alkyl halides is 3. The van der Waals surface area contributed by atoms with Crippen LogP contribution in [-0.2, 0) is 4.79 Å². The number of ether oxygens (including phenoxy) is 1. The zero-order valence-electron chi connectivity index (χ0n) is 10.0. The Bertz CT molecular complexity index is 425. The van der Waals surface area contributed by atoms with Crippen LogP contribution < -0.4 is 15.8 Å². The van der Waals surface area contributed by atoms with Gasteiger partial charge in [-0.05, 0) is 19.1 Å². The van der Waals surface area contributed by atoms with E-state index in [1.807, 2.05) is 0 Å². The van der Waals surface area contributed by atoms with Gasteiger partial charge in [-0.15, -0.1) is 12.4 Å². The normalized spacial score (nSPS) is 12.3. The molecule has 0 aromatic heterocycles. The monoisotopic (exact) mass is 298 g/mol. The van der Waals surface area contributed by atoms with Crippen LogP contribution in [0, 0.1) is 0 Å². The highest BCUT2D eigenvalue weighted by molar-refractivity contribution is 5.95. The van der Waals surface area contributed by atoms with E-state index in [0.717, 1.165) is 0 Å². The first kappa shape index (κ1) is 17.5. The van der Waals surface area contributed by atoms with Crippen molar-refractivity contribution in [2.45, 2.75) is 19.1 Å². The van der Waals surface area contributed by atoms with Crippen LogP contribution in [0.15, 0.2) is 24.3 Å². The molecule has 108 valence electrons. The second-order valence-electron chi connectivity index (χ2n) is 3.68. The molecule has 8 heteroatoms. The summed E-state index contributed by atoms with van der Waals surface area (Å²) in [5, 5.41) is 2.39. The molecule has 0 aliphatic carbocycles. The van der Waals surface area contributed by atoms with Crippen molar-refractivity contribution in [2.75, 3.05) is 11.9 Å². The third-order valence-corrected chi connectivity index (χ3v) is 1.95. The maximum atomic E-state index is 12.0. The molecule has 3 N–H and O–H groups in total. The SMILES string of the molecule is C[C@H](N)C(=O)Nc1ccccc1OCC(F)(F)F.Cl. The molecule has 0 heterocycles. The van der Waals surface area contributed by atoms with Crippen LogP contribution in [0.3, 0.4) is 0 Å². The van der Waals surface area contributed by atoms with Crippen LogP contribution >= 0.6 is 12.4 Å². The molecule has 4 nitrogen and oxygen atoms in total. The van der Waals surface area contributed by atoms with Crippen molar-refractivity contribution in [3.8, 4) is 5.75 Å². The van der Waals surface area contributed by atoms with Gasteiger partial charge < -0.3 is 15.8 Å². The van der Waals surface area contributed by atoms with Gasteiger partial charge in [-0.2, -0.15) is 13.2 Å². The number of nitrogens with two attached hydrogens (primary N) is 1. The first-order valence-corrected chi connectivity index (χ1v) is 5.14. The van der Waals surface area contributed by atoms with Crippen LogP contribution in [0.2, 0.25) is 0 Å². The summed E-state index contributed by atoms with van der Waals surface area (Å²) in [7, 11) is 0. The van der Waals surface area contributed by atoms with Gasteiger partial charge in [0.1, 0.15) is 5.75 Å². The highest BCUT2D eigenvalue weighted by atomic mass is 35.5. The number of amides is 1. The number of carbonyl (C=O) groups excluding carboxylic acids is 1. The summed E-state index contributed by atoms with van der Waals surface area (Å²) in [5.41, 5.74) is 5.50. The van der Waals surface area contributed by atoms with Crippen molar-refractivity contribution in [3.05, 3.63) is 24.3 Å². The summed E-state index contributed by atoms with van der Waals surface area (Å²) in [4.78, 5) is 11.4. The number of hydrogen-bond donors (Lipinski definition) is 2. The van der Waals surface area contributed by atoms with E-state index in [2.05, 4.69) is 10.1 Å². The summed E-state index contributed by atoms with van der Waals surface area (Å²) in [6.45, 7) is 0.0482. The van der Waals surface area contributed by atoms with Crippen LogP contribution in [0.4, 0.5) is 18.9 Å². The first-order valence-electron chi connectivity index (χ1n) is 5.14. The molecular weight excluding hydrogens is 285 g/mol. The Balaban J connectivity index is 0.00000324. The third-order valence-electron chi connectivity index (χ3n) is 1.95. The molecule has 0 aliphatic rings. The minimum atomic E-state index is -4.43. The summed E-state index contributed by atoms with van der Waals surface area (Å²) >= 11 is 0. The van der Waals surface area contributed by atoms with E-state index < -0.39 is 24.7 Å². The maximum Gasteiger partial charge on any atom is 0.422 e. The Hall–Kier alpha value is -1.47. The van der Waals surface area contributed by atoms with Gasteiger partial charge in [0.2, 0.25) is 5.91 Å². The summed E-state index contributed by atoms with van der Waals surface area (Å²) in [5.74, 6) is -0.554. The Kier molecular flexibility index (Phi) is 6.64. The van der Waals surface area contributed by atoms with Crippen molar-refractivity contribution in [1.29, 1.82) is 0 Å². The second-order valence-corrected chi connectivity index (χ2v) is 3.68. The first-order chi connectivity index (χ1) is 8.29. The van der Waals surface area contributed by atoms with Gasteiger partial charge in [0.05, 0.1) is 11.7 Å². The summed E-state index contributed by atoms with van der Waals surface area (Å²) in [6.07, 6.45) is -4.43. The Labute approximate surface area is 114 Å². The molecule has 1 atom stereocenters. The number of rotatable bonds is 4. The maximum absolute atomic E-state index is 12.0. The molecule has 0 spiro atoms. The molecule has 1 amide bonds. The lowest BCUT2D eigenvalue weighted by Crippen LogP contribution is -2.32. The fraction of sp³-hybridized carbons (Fsp3) is 0.364. The van der Waals surface area contributed by atoms with Gasteiger partial charge in [0.25, 0.3) is 0 Å². The molecule has 0 saturated carbocycles. The van der Waals surface area contributed by atoms with Crippen LogP contribution in [0.5, 0.6) is 5.75 Å². The number of carbonyl (C=O) groups is 1. The molecule has 0 unspecified atom stereocenters. The van der Waals surface area contributed by atoms with Gasteiger partial charge in [-0.25, -0.2) is 0 Å². The number of anilines is 1. The van der Waals surface area contributed by atoms with E-state index in [9.17, 15) is 18.0 Å². The van der Waals surface area contributed by atoms with E-state index in [4.69, 9.17) is 5.73 Å². The van der Waals surface area contributed by atoms with Gasteiger partial charge in [0, 0.05) is 0 Å². The standard InChI is InChI=1S/C11H13F3N2O2.ClH/c1-7(15)10(17)16-8-4-2-3-5-9(8)18-6-11(12,13)14;/h2-5,7H,6,15H2,1H3,(H,16,17);1H/t7-;/m0./s1. The lowest BCUT2D eigenvalue weighted by molar-refractivity contribution is -0.153. The smallest absolute Gasteiger partial charge is 0.422 e. The zero-order valence-corrected chi connectivity index (χ0v) is 10.8. The lowest BCUT2D eigenvalue weighted by Gasteiger charge is -2.14. The number of hydrogen-bond acceptors (Lipinski definition) is 3. The molecule has 1 aromatic carbocycles. The van der Waals surface area contributed by atoms with Crippen LogP contribution in [0.25, 0.3) is 0 Å². The predicted molar refractivity (Wildman–Crippen MR) is 67.5 cm³/mol. The van der Waals surface area contributed by atoms with Gasteiger partial charge in [0.15, 0.2) is 6.61 Å². The van der Waals surface area contributed by atoms with Crippen LogP contribution in [-0.4, -0.2) is 24.7 Å². The van der Waals surface area contributed by atoms with Gasteiger partial charge >= 0.3 is 6.18 Å². The fourth-order valence-corrected chi connectivity index (χ4v) is 1.10. The van der Waals surface area contributed by atoms with Gasteiger partial charge in [-0.3, -0.25) is 4.79 Å². The van der Waals surface area contributed by atoms with E-state index >= 15 is 0 Å². The Morgan fingerprint density at radius 2 is 2.00 bits per heavy atom. The number of halogens is 4. The Morgan fingerprint density at radius 1 is 1.42 bits per heavy atom. The molecule has 1 aromatic rings.